The molecular formula is C12H12F3N3OS. The fourth-order valence-corrected chi connectivity index (χ4v) is 2.53. The molecule has 0 spiro atoms. The molecule has 0 aromatic carbocycles. The number of carbonyl (C=O) groups is 1. The average molecular weight is 303 g/mol. The van der Waals surface area contributed by atoms with Gasteiger partial charge in [-0.05, 0) is 18.4 Å². The third-order valence-electron chi connectivity index (χ3n) is 2.81. The zero-order valence-corrected chi connectivity index (χ0v) is 11.6. The van der Waals surface area contributed by atoms with Gasteiger partial charge in [-0.2, -0.15) is 18.3 Å². The van der Waals surface area contributed by atoms with E-state index in [0.717, 1.165) is 4.88 Å². The summed E-state index contributed by atoms with van der Waals surface area (Å²) in [5.41, 5.74) is -1.37. The first-order valence-electron chi connectivity index (χ1n) is 5.73. The molecule has 2 aromatic rings. The quantitative estimate of drug-likeness (QED) is 0.947. The second kappa shape index (κ2) is 5.28. The Labute approximate surface area is 117 Å². The molecule has 108 valence electrons. The van der Waals surface area contributed by atoms with E-state index in [9.17, 15) is 18.0 Å². The van der Waals surface area contributed by atoms with Gasteiger partial charge in [-0.25, -0.2) is 0 Å². The Morgan fingerprint density at radius 3 is 2.70 bits per heavy atom. The molecule has 8 heteroatoms. The number of carbonyl (C=O) groups excluding carboxylic acids is 1. The van der Waals surface area contributed by atoms with Crippen molar-refractivity contribution < 1.29 is 18.0 Å². The lowest BCUT2D eigenvalue weighted by Gasteiger charge is -2.05. The van der Waals surface area contributed by atoms with Crippen molar-refractivity contribution in [1.29, 1.82) is 0 Å². The van der Waals surface area contributed by atoms with Crippen LogP contribution in [-0.4, -0.2) is 22.7 Å². The van der Waals surface area contributed by atoms with E-state index in [0.29, 0.717) is 0 Å². The lowest BCUT2D eigenvalue weighted by atomic mass is 10.1. The molecule has 2 aromatic heterocycles. The number of halogens is 3. The first-order chi connectivity index (χ1) is 9.34. The van der Waals surface area contributed by atoms with Gasteiger partial charge in [0.05, 0.1) is 12.1 Å². The smallest absolute Gasteiger partial charge is 0.355 e. The van der Waals surface area contributed by atoms with Crippen molar-refractivity contribution >= 4 is 17.2 Å². The average Bonchev–Trinajstić information content (AvgIpc) is 2.97. The lowest BCUT2D eigenvalue weighted by Crippen LogP contribution is -2.22. The molecule has 1 amide bonds. The van der Waals surface area contributed by atoms with Crippen LogP contribution in [0.1, 0.15) is 26.6 Å². The maximum absolute atomic E-state index is 13.0. The normalized spacial score (nSPS) is 11.7. The Morgan fingerprint density at radius 2 is 2.20 bits per heavy atom. The van der Waals surface area contributed by atoms with Gasteiger partial charge in [0, 0.05) is 17.6 Å². The minimum atomic E-state index is -4.66. The summed E-state index contributed by atoms with van der Waals surface area (Å²) in [5, 5.41) is 7.61. The van der Waals surface area contributed by atoms with Crippen LogP contribution in [-0.2, 0) is 12.7 Å². The van der Waals surface area contributed by atoms with E-state index >= 15 is 0 Å². The van der Waals surface area contributed by atoms with Gasteiger partial charge < -0.3 is 5.32 Å². The Morgan fingerprint density at radius 1 is 1.50 bits per heavy atom. The van der Waals surface area contributed by atoms with Crippen LogP contribution in [0.15, 0.2) is 17.5 Å². The first kappa shape index (κ1) is 14.6. The molecule has 20 heavy (non-hydrogen) atoms. The maximum Gasteiger partial charge on any atom is 0.435 e. The van der Waals surface area contributed by atoms with E-state index in [1.54, 1.807) is 6.07 Å². The van der Waals surface area contributed by atoms with Gasteiger partial charge in [-0.15, -0.1) is 11.3 Å². The number of rotatable bonds is 3. The van der Waals surface area contributed by atoms with Crippen molar-refractivity contribution in [2.24, 2.45) is 0 Å². The summed E-state index contributed by atoms with van der Waals surface area (Å²) in [7, 11) is 1.29. The SMILES string of the molecule is CNC(=O)c1c(C(F)(F)F)nn(Cc2cccs2)c1C. The molecule has 0 unspecified atom stereocenters. The predicted octanol–water partition coefficient (Wildman–Crippen LogP) is 2.68. The van der Waals surface area contributed by atoms with Gasteiger partial charge in [0.1, 0.15) is 0 Å². The molecule has 0 bridgehead atoms. The van der Waals surface area contributed by atoms with Gasteiger partial charge >= 0.3 is 6.18 Å². The van der Waals surface area contributed by atoms with Crippen LogP contribution in [0.25, 0.3) is 0 Å². The zero-order valence-electron chi connectivity index (χ0n) is 10.8. The van der Waals surface area contributed by atoms with E-state index in [1.807, 2.05) is 11.4 Å². The monoisotopic (exact) mass is 303 g/mol. The van der Waals surface area contributed by atoms with Crippen LogP contribution in [0.3, 0.4) is 0 Å². The topological polar surface area (TPSA) is 46.9 Å². The zero-order chi connectivity index (χ0) is 14.9. The number of thiophene rings is 1. The molecule has 0 aliphatic rings. The van der Waals surface area contributed by atoms with Crippen LogP contribution in [0.5, 0.6) is 0 Å². The molecule has 0 atom stereocenters. The molecule has 1 N–H and O–H groups in total. The molecule has 0 aliphatic carbocycles. The van der Waals surface area contributed by atoms with Crippen LogP contribution in [0.2, 0.25) is 0 Å². The highest BCUT2D eigenvalue weighted by Gasteiger charge is 2.40. The summed E-state index contributed by atoms with van der Waals surface area (Å²) < 4.78 is 40.1. The second-order valence-electron chi connectivity index (χ2n) is 4.12. The van der Waals surface area contributed by atoms with Crippen LogP contribution in [0, 0.1) is 6.92 Å². The van der Waals surface area contributed by atoms with E-state index in [4.69, 9.17) is 0 Å². The van der Waals surface area contributed by atoms with Gasteiger partial charge in [0.2, 0.25) is 0 Å². The van der Waals surface area contributed by atoms with Crippen LogP contribution in [0.4, 0.5) is 13.2 Å². The van der Waals surface area contributed by atoms with Crippen molar-refractivity contribution in [2.75, 3.05) is 7.05 Å². The summed E-state index contributed by atoms with van der Waals surface area (Å²) in [6.07, 6.45) is -4.66. The largest absolute Gasteiger partial charge is 0.435 e. The van der Waals surface area contributed by atoms with E-state index in [-0.39, 0.29) is 12.2 Å². The molecule has 2 rings (SSSR count). The number of aromatic nitrogens is 2. The number of hydrogen-bond donors (Lipinski definition) is 1. The third-order valence-corrected chi connectivity index (χ3v) is 3.68. The molecule has 4 nitrogen and oxygen atoms in total. The fraction of sp³-hybridized carbons (Fsp3) is 0.333. The fourth-order valence-electron chi connectivity index (χ4n) is 1.85. The van der Waals surface area contributed by atoms with Gasteiger partial charge in [0.15, 0.2) is 5.69 Å². The van der Waals surface area contributed by atoms with E-state index in [2.05, 4.69) is 10.4 Å². The standard InChI is InChI=1S/C12H12F3N3OS/c1-7-9(11(19)16-2)10(12(13,14)15)17-18(7)6-8-4-3-5-20-8/h3-5H,6H2,1-2H3,(H,16,19). The molecule has 0 aliphatic heterocycles. The number of hydrogen-bond acceptors (Lipinski definition) is 3. The first-order valence-corrected chi connectivity index (χ1v) is 6.61. The van der Waals surface area contributed by atoms with Gasteiger partial charge in [-0.1, -0.05) is 6.07 Å². The third kappa shape index (κ3) is 2.69. The predicted molar refractivity (Wildman–Crippen MR) is 68.8 cm³/mol. The highest BCUT2D eigenvalue weighted by molar-refractivity contribution is 7.09. The highest BCUT2D eigenvalue weighted by Crippen LogP contribution is 2.32. The van der Waals surface area contributed by atoms with Crippen molar-refractivity contribution in [1.82, 2.24) is 15.1 Å². The summed E-state index contributed by atoms with van der Waals surface area (Å²) in [5.74, 6) is -0.785. The number of nitrogens with zero attached hydrogens (tertiary/aromatic N) is 2. The Bertz CT molecular complexity index is 617. The molecule has 0 saturated carbocycles. The Balaban J connectivity index is 2.50. The number of nitrogens with one attached hydrogen (secondary N) is 1. The van der Waals surface area contributed by atoms with E-state index in [1.165, 1.54) is 30.0 Å². The minimum Gasteiger partial charge on any atom is -0.355 e. The molecule has 0 saturated heterocycles. The Kier molecular flexibility index (Phi) is 3.85. The van der Waals surface area contributed by atoms with Gasteiger partial charge in [-0.3, -0.25) is 9.48 Å². The van der Waals surface area contributed by atoms with Crippen LogP contribution >= 0.6 is 11.3 Å². The molecular weight excluding hydrogens is 291 g/mol. The number of amides is 1. The highest BCUT2D eigenvalue weighted by atomic mass is 32.1. The lowest BCUT2D eigenvalue weighted by molar-refractivity contribution is -0.141. The van der Waals surface area contributed by atoms with Crippen LogP contribution < -0.4 is 5.32 Å². The van der Waals surface area contributed by atoms with Crippen molar-refractivity contribution in [3.63, 3.8) is 0 Å². The summed E-state index contributed by atoms with van der Waals surface area (Å²) in [6.45, 7) is 1.67. The molecule has 0 radical (unpaired) electrons. The van der Waals surface area contributed by atoms with E-state index < -0.39 is 23.3 Å². The maximum atomic E-state index is 13.0. The van der Waals surface area contributed by atoms with Crippen molar-refractivity contribution in [2.45, 2.75) is 19.6 Å². The molecule has 0 fully saturated rings. The summed E-state index contributed by atoms with van der Waals surface area (Å²) in [4.78, 5) is 12.5. The summed E-state index contributed by atoms with van der Waals surface area (Å²) in [6, 6.07) is 3.61. The van der Waals surface area contributed by atoms with Gasteiger partial charge in [0.25, 0.3) is 5.91 Å². The summed E-state index contributed by atoms with van der Waals surface area (Å²) >= 11 is 1.42. The minimum absolute atomic E-state index is 0.199. The molecule has 2 heterocycles. The van der Waals surface area contributed by atoms with Crippen molar-refractivity contribution in [3.8, 4) is 0 Å². The van der Waals surface area contributed by atoms with Crippen molar-refractivity contribution in [3.05, 3.63) is 39.3 Å². The second-order valence-corrected chi connectivity index (χ2v) is 5.16. The number of alkyl halides is 3. The Hall–Kier alpha value is -1.83.